The number of benzene rings is 3. The van der Waals surface area contributed by atoms with Crippen LogP contribution in [0.15, 0.2) is 77.6 Å². The number of anilines is 3. The van der Waals surface area contributed by atoms with Gasteiger partial charge in [0.1, 0.15) is 5.82 Å². The molecule has 1 aliphatic heterocycles. The Kier molecular flexibility index (Phi) is 6.40. The van der Waals surface area contributed by atoms with E-state index in [2.05, 4.69) is 10.6 Å². The fourth-order valence-corrected chi connectivity index (χ4v) is 4.55. The van der Waals surface area contributed by atoms with Gasteiger partial charge in [-0.25, -0.2) is 4.39 Å². The quantitative estimate of drug-likeness (QED) is 0.365. The lowest BCUT2D eigenvalue weighted by atomic mass is 10.1. The number of hydrogen-bond donors (Lipinski definition) is 2. The maximum atomic E-state index is 14.8. The number of aromatic nitrogens is 1. The Bertz CT molecular complexity index is 1460. The number of nitrogens with zero attached hydrogens (tertiary/aromatic N) is 2. The molecule has 9 heteroatoms. The first-order valence-electron chi connectivity index (χ1n) is 11.6. The van der Waals surface area contributed by atoms with Crippen LogP contribution in [0.5, 0.6) is 0 Å². The fourth-order valence-electron chi connectivity index (χ4n) is 4.55. The Hall–Kier alpha value is -3.85. The zero-order valence-corrected chi connectivity index (χ0v) is 19.3. The molecule has 0 unspecified atom stereocenters. The van der Waals surface area contributed by atoms with Crippen molar-refractivity contribution in [3.63, 3.8) is 0 Å². The van der Waals surface area contributed by atoms with Crippen molar-refractivity contribution in [2.24, 2.45) is 0 Å². The summed E-state index contributed by atoms with van der Waals surface area (Å²) in [6.45, 7) is 2.81. The van der Waals surface area contributed by atoms with E-state index in [-0.39, 0.29) is 17.9 Å². The first-order chi connectivity index (χ1) is 17.3. The molecule has 0 atom stereocenters. The number of nitrogens with one attached hydrogen (secondary N) is 2. The Labute approximate surface area is 205 Å². The highest BCUT2D eigenvalue weighted by atomic mass is 19.4. The highest BCUT2D eigenvalue weighted by molar-refractivity contribution is 5.84. The van der Waals surface area contributed by atoms with Crippen molar-refractivity contribution >= 4 is 28.0 Å². The van der Waals surface area contributed by atoms with Crippen LogP contribution in [0.4, 0.5) is 34.6 Å². The summed E-state index contributed by atoms with van der Waals surface area (Å²) in [6, 6.07) is 18.4. The van der Waals surface area contributed by atoms with Crippen LogP contribution in [0.3, 0.4) is 0 Å². The van der Waals surface area contributed by atoms with Gasteiger partial charge in [-0.2, -0.15) is 13.2 Å². The fraction of sp³-hybridized carbons (Fsp3) is 0.222. The molecular formula is C27H24F4N4O. The van der Waals surface area contributed by atoms with Crippen LogP contribution in [0.2, 0.25) is 0 Å². The number of hydrogen-bond acceptors (Lipinski definition) is 4. The second-order valence-electron chi connectivity index (χ2n) is 8.71. The number of rotatable bonds is 5. The van der Waals surface area contributed by atoms with Gasteiger partial charge in [-0.1, -0.05) is 24.3 Å². The summed E-state index contributed by atoms with van der Waals surface area (Å²) in [5.74, 6) is -0.344. The van der Waals surface area contributed by atoms with Gasteiger partial charge in [-0.05, 0) is 53.4 Å². The third-order valence-corrected chi connectivity index (χ3v) is 6.34. The predicted molar refractivity (Wildman–Crippen MR) is 134 cm³/mol. The van der Waals surface area contributed by atoms with E-state index in [1.807, 2.05) is 4.90 Å². The van der Waals surface area contributed by atoms with Gasteiger partial charge in [-0.3, -0.25) is 4.79 Å². The highest BCUT2D eigenvalue weighted by Crippen LogP contribution is 2.33. The summed E-state index contributed by atoms with van der Waals surface area (Å²) < 4.78 is 56.7. The molecule has 0 spiro atoms. The van der Waals surface area contributed by atoms with Crippen LogP contribution >= 0.6 is 0 Å². The number of pyridine rings is 1. The van der Waals surface area contributed by atoms with Crippen molar-refractivity contribution in [3.8, 4) is 0 Å². The van der Waals surface area contributed by atoms with Crippen molar-refractivity contribution in [2.75, 3.05) is 36.4 Å². The maximum absolute atomic E-state index is 14.8. The van der Waals surface area contributed by atoms with Crippen molar-refractivity contribution in [1.29, 1.82) is 0 Å². The smallest absolute Gasteiger partial charge is 0.367 e. The Morgan fingerprint density at radius 1 is 0.889 bits per heavy atom. The van der Waals surface area contributed by atoms with Gasteiger partial charge in [0.15, 0.2) is 0 Å². The zero-order valence-electron chi connectivity index (χ0n) is 19.3. The lowest BCUT2D eigenvalue weighted by Gasteiger charge is -2.29. The number of halogens is 4. The number of piperazine rings is 1. The molecule has 0 bridgehead atoms. The first-order valence-corrected chi connectivity index (χ1v) is 11.6. The lowest BCUT2D eigenvalue weighted by molar-refractivity contribution is -0.138. The summed E-state index contributed by atoms with van der Waals surface area (Å²) in [5, 5.41) is 7.09. The molecule has 4 aromatic rings. The summed E-state index contributed by atoms with van der Waals surface area (Å²) in [5.41, 5.74) is 0.938. The zero-order chi connectivity index (χ0) is 25.3. The highest BCUT2D eigenvalue weighted by Gasteiger charge is 2.33. The number of fused-ring (bicyclic) bond motifs is 1. The van der Waals surface area contributed by atoms with Crippen molar-refractivity contribution in [2.45, 2.75) is 12.7 Å². The second-order valence-corrected chi connectivity index (χ2v) is 8.71. The minimum absolute atomic E-state index is 0.00327. The predicted octanol–water partition coefficient (Wildman–Crippen LogP) is 5.36. The molecule has 1 aromatic heterocycles. The maximum Gasteiger partial charge on any atom is 0.416 e. The molecule has 5 rings (SSSR count). The van der Waals surface area contributed by atoms with E-state index in [4.69, 9.17) is 0 Å². The van der Waals surface area contributed by atoms with Gasteiger partial charge in [0.2, 0.25) is 0 Å². The Morgan fingerprint density at radius 3 is 2.33 bits per heavy atom. The molecule has 1 saturated heterocycles. The third-order valence-electron chi connectivity index (χ3n) is 6.34. The van der Waals surface area contributed by atoms with Crippen molar-refractivity contribution in [3.05, 3.63) is 100 Å². The Morgan fingerprint density at radius 2 is 1.58 bits per heavy atom. The largest absolute Gasteiger partial charge is 0.416 e. The normalized spacial score (nSPS) is 14.3. The third kappa shape index (κ3) is 4.92. The molecule has 0 saturated carbocycles. The summed E-state index contributed by atoms with van der Waals surface area (Å²) in [4.78, 5) is 14.7. The average Bonchev–Trinajstić information content (AvgIpc) is 2.86. The van der Waals surface area contributed by atoms with E-state index in [9.17, 15) is 22.4 Å². The summed E-state index contributed by atoms with van der Waals surface area (Å²) in [6.07, 6.45) is -4.53. The van der Waals surface area contributed by atoms with E-state index in [1.165, 1.54) is 34.9 Å². The molecule has 5 nitrogen and oxygen atoms in total. The average molecular weight is 497 g/mol. The molecule has 0 amide bonds. The standard InChI is InChI=1S/C27H24F4N4O/c28-23-15-20(8-9-24(23)34-13-11-32-12-14-34)33-21-7-5-18-6-10-26(36)35(25(18)16-21)17-19-3-1-2-4-22(19)27(29,30)31/h1-10,15-16,32-33H,11-14,17H2. The van der Waals surface area contributed by atoms with Gasteiger partial charge in [-0.15, -0.1) is 0 Å². The summed E-state index contributed by atoms with van der Waals surface area (Å²) in [7, 11) is 0. The van der Waals surface area contributed by atoms with Gasteiger partial charge < -0.3 is 20.1 Å². The van der Waals surface area contributed by atoms with E-state index in [0.717, 1.165) is 32.2 Å². The van der Waals surface area contributed by atoms with E-state index >= 15 is 0 Å². The molecule has 36 heavy (non-hydrogen) atoms. The molecular weight excluding hydrogens is 472 g/mol. The minimum atomic E-state index is -4.53. The SMILES string of the molecule is O=c1ccc2ccc(Nc3ccc(N4CCNCC4)c(F)c3)cc2n1Cc1ccccc1C(F)(F)F. The Balaban J connectivity index is 1.47. The number of alkyl halides is 3. The van der Waals surface area contributed by atoms with Crippen LogP contribution in [0.1, 0.15) is 11.1 Å². The molecule has 0 radical (unpaired) electrons. The monoisotopic (exact) mass is 496 g/mol. The van der Waals surface area contributed by atoms with E-state index in [1.54, 1.807) is 36.4 Å². The van der Waals surface area contributed by atoms with E-state index < -0.39 is 17.3 Å². The van der Waals surface area contributed by atoms with Crippen molar-refractivity contribution < 1.29 is 17.6 Å². The van der Waals surface area contributed by atoms with Gasteiger partial charge in [0.05, 0.1) is 23.3 Å². The molecule has 0 aliphatic carbocycles. The molecule has 3 aromatic carbocycles. The molecule has 2 N–H and O–H groups in total. The molecule has 1 aliphatic rings. The van der Waals surface area contributed by atoms with Crippen LogP contribution in [0.25, 0.3) is 10.9 Å². The summed E-state index contributed by atoms with van der Waals surface area (Å²) >= 11 is 0. The van der Waals surface area contributed by atoms with Crippen LogP contribution in [0, 0.1) is 5.82 Å². The van der Waals surface area contributed by atoms with Crippen molar-refractivity contribution in [1.82, 2.24) is 9.88 Å². The molecule has 1 fully saturated rings. The van der Waals surface area contributed by atoms with Gasteiger partial charge in [0, 0.05) is 43.6 Å². The first kappa shape index (κ1) is 23.9. The lowest BCUT2D eigenvalue weighted by Crippen LogP contribution is -2.43. The second kappa shape index (κ2) is 9.66. The minimum Gasteiger partial charge on any atom is -0.367 e. The van der Waals surface area contributed by atoms with Crippen LogP contribution in [-0.2, 0) is 12.7 Å². The molecule has 2 heterocycles. The van der Waals surface area contributed by atoms with Gasteiger partial charge in [0.25, 0.3) is 5.56 Å². The van der Waals surface area contributed by atoms with Crippen LogP contribution in [-0.4, -0.2) is 30.7 Å². The topological polar surface area (TPSA) is 49.3 Å². The molecule has 186 valence electrons. The van der Waals surface area contributed by atoms with Gasteiger partial charge >= 0.3 is 6.18 Å². The van der Waals surface area contributed by atoms with Crippen LogP contribution < -0.4 is 21.1 Å². The van der Waals surface area contributed by atoms with E-state index in [0.29, 0.717) is 28.0 Å².